The minimum absolute atomic E-state index is 0.0603. The fourth-order valence-corrected chi connectivity index (χ4v) is 3.38. The number of aromatic amines is 2. The summed E-state index contributed by atoms with van der Waals surface area (Å²) in [5.41, 5.74) is 2.08. The smallest absolute Gasteiger partial charge is 0.323 e. The van der Waals surface area contributed by atoms with Gasteiger partial charge < -0.3 is 19.8 Å². The molecule has 140 valence electrons. The lowest BCUT2D eigenvalue weighted by Gasteiger charge is -2.22. The number of nitrogens with zero attached hydrogens (tertiary/aromatic N) is 2. The number of aromatic nitrogens is 2. The maximum atomic E-state index is 12.7. The van der Waals surface area contributed by atoms with Gasteiger partial charge in [0.25, 0.3) is 0 Å². The summed E-state index contributed by atoms with van der Waals surface area (Å²) in [5.74, 6) is 0.258. The van der Waals surface area contributed by atoms with E-state index in [1.807, 2.05) is 28.0 Å². The van der Waals surface area contributed by atoms with E-state index in [1.54, 1.807) is 0 Å². The van der Waals surface area contributed by atoms with Crippen LogP contribution < -0.4 is 5.69 Å². The molecule has 0 saturated carbocycles. The molecule has 2 amide bonds. The summed E-state index contributed by atoms with van der Waals surface area (Å²) in [6.07, 6.45) is 3.64. The van der Waals surface area contributed by atoms with Crippen LogP contribution in [0.15, 0.2) is 23.0 Å². The maximum absolute atomic E-state index is 12.7. The van der Waals surface area contributed by atoms with E-state index < -0.39 is 0 Å². The standard InChI is InChI=1S/C19H26N4O3/c1-2-3-5-17(24)22-8-4-9-23(11-10-22)18(25)13-14-6-7-15-16(12-14)21-19(26)20-15/h6-7,12H,2-5,8-11,13H2,1H3,(H2,20,21,26). The van der Waals surface area contributed by atoms with Crippen molar-refractivity contribution in [2.45, 2.75) is 39.0 Å². The Morgan fingerprint density at radius 1 is 1.00 bits per heavy atom. The molecule has 0 spiro atoms. The minimum atomic E-state index is -0.246. The van der Waals surface area contributed by atoms with Crippen LogP contribution in [0.5, 0.6) is 0 Å². The third-order valence-electron chi connectivity index (χ3n) is 4.88. The molecule has 1 aliphatic rings. The fraction of sp³-hybridized carbons (Fsp3) is 0.526. The third kappa shape index (κ3) is 4.33. The van der Waals surface area contributed by atoms with Gasteiger partial charge in [0.05, 0.1) is 17.5 Å². The van der Waals surface area contributed by atoms with Crippen LogP contribution in [0.1, 0.15) is 38.2 Å². The van der Waals surface area contributed by atoms with Crippen molar-refractivity contribution in [3.05, 3.63) is 34.2 Å². The second kappa shape index (κ2) is 8.21. The van der Waals surface area contributed by atoms with Gasteiger partial charge in [-0.1, -0.05) is 19.4 Å². The molecule has 1 fully saturated rings. The number of amides is 2. The van der Waals surface area contributed by atoms with Gasteiger partial charge >= 0.3 is 5.69 Å². The number of H-pyrrole nitrogens is 2. The lowest BCUT2D eigenvalue weighted by Crippen LogP contribution is -2.37. The molecule has 2 aromatic rings. The van der Waals surface area contributed by atoms with Crippen molar-refractivity contribution in [2.24, 2.45) is 0 Å². The van der Waals surface area contributed by atoms with Gasteiger partial charge in [-0.15, -0.1) is 0 Å². The van der Waals surface area contributed by atoms with Crippen LogP contribution >= 0.6 is 0 Å². The van der Waals surface area contributed by atoms with Gasteiger partial charge in [-0.3, -0.25) is 9.59 Å². The Morgan fingerprint density at radius 2 is 1.69 bits per heavy atom. The summed E-state index contributed by atoms with van der Waals surface area (Å²) in [5, 5.41) is 0. The van der Waals surface area contributed by atoms with Gasteiger partial charge in [-0.25, -0.2) is 4.79 Å². The molecule has 2 N–H and O–H groups in total. The topological polar surface area (TPSA) is 89.3 Å². The van der Waals surface area contributed by atoms with Crippen molar-refractivity contribution in [3.8, 4) is 0 Å². The van der Waals surface area contributed by atoms with E-state index in [2.05, 4.69) is 16.9 Å². The molecule has 0 atom stereocenters. The number of carbonyl (C=O) groups excluding carboxylic acids is 2. The molecule has 1 aromatic heterocycles. The number of benzene rings is 1. The van der Waals surface area contributed by atoms with Crippen LogP contribution in [-0.4, -0.2) is 57.8 Å². The first-order valence-electron chi connectivity index (χ1n) is 9.33. The van der Waals surface area contributed by atoms with E-state index >= 15 is 0 Å². The number of rotatable bonds is 5. The molecule has 1 aromatic carbocycles. The van der Waals surface area contributed by atoms with Gasteiger partial charge in [-0.2, -0.15) is 0 Å². The highest BCUT2D eigenvalue weighted by molar-refractivity contribution is 5.82. The van der Waals surface area contributed by atoms with E-state index in [0.29, 0.717) is 38.0 Å². The number of hydrogen-bond donors (Lipinski definition) is 2. The van der Waals surface area contributed by atoms with Crippen molar-refractivity contribution >= 4 is 22.8 Å². The predicted octanol–water partition coefficient (Wildman–Crippen LogP) is 1.65. The van der Waals surface area contributed by atoms with Crippen LogP contribution in [0.25, 0.3) is 11.0 Å². The van der Waals surface area contributed by atoms with Gasteiger partial charge in [0.2, 0.25) is 11.8 Å². The minimum Gasteiger partial charge on any atom is -0.341 e. The van der Waals surface area contributed by atoms with Crippen LogP contribution in [0, 0.1) is 0 Å². The molecule has 3 rings (SSSR count). The Labute approximate surface area is 152 Å². The largest absolute Gasteiger partial charge is 0.341 e. The quantitative estimate of drug-likeness (QED) is 0.852. The molecule has 7 heteroatoms. The Hall–Kier alpha value is -2.57. The molecule has 2 heterocycles. The summed E-state index contributed by atoms with van der Waals surface area (Å²) >= 11 is 0. The second-order valence-corrected chi connectivity index (χ2v) is 6.85. The van der Waals surface area contributed by atoms with Crippen LogP contribution in [-0.2, 0) is 16.0 Å². The number of unbranched alkanes of at least 4 members (excludes halogenated alkanes) is 1. The zero-order valence-electron chi connectivity index (χ0n) is 15.2. The van der Waals surface area contributed by atoms with Gasteiger partial charge in [0.1, 0.15) is 0 Å². The average molecular weight is 358 g/mol. The van der Waals surface area contributed by atoms with E-state index in [1.165, 1.54) is 0 Å². The highest BCUT2D eigenvalue weighted by atomic mass is 16.2. The van der Waals surface area contributed by atoms with Crippen molar-refractivity contribution in [1.29, 1.82) is 0 Å². The van der Waals surface area contributed by atoms with Crippen molar-refractivity contribution < 1.29 is 9.59 Å². The SMILES string of the molecule is CCCCC(=O)N1CCCN(C(=O)Cc2ccc3[nH]c(=O)[nH]c3c2)CC1. The molecule has 7 nitrogen and oxygen atoms in total. The Bertz CT molecular complexity index is 839. The van der Waals surface area contributed by atoms with E-state index in [4.69, 9.17) is 0 Å². The molecule has 1 aliphatic heterocycles. The molecular formula is C19H26N4O3. The summed E-state index contributed by atoms with van der Waals surface area (Å²) in [6.45, 7) is 4.68. The number of imidazole rings is 1. The van der Waals surface area contributed by atoms with Crippen molar-refractivity contribution in [2.75, 3.05) is 26.2 Å². The molecule has 26 heavy (non-hydrogen) atoms. The molecule has 0 radical (unpaired) electrons. The average Bonchev–Trinajstić information content (AvgIpc) is 2.82. The molecule has 0 aliphatic carbocycles. The van der Waals surface area contributed by atoms with Gasteiger partial charge in [-0.05, 0) is 30.5 Å². The molecular weight excluding hydrogens is 332 g/mol. The molecule has 0 bridgehead atoms. The Morgan fingerprint density at radius 3 is 2.42 bits per heavy atom. The lowest BCUT2D eigenvalue weighted by atomic mass is 10.1. The molecule has 1 saturated heterocycles. The number of nitrogens with one attached hydrogen (secondary N) is 2. The lowest BCUT2D eigenvalue weighted by molar-refractivity contribution is -0.133. The van der Waals surface area contributed by atoms with E-state index in [0.717, 1.165) is 36.9 Å². The monoisotopic (exact) mass is 358 g/mol. The third-order valence-corrected chi connectivity index (χ3v) is 4.88. The highest BCUT2D eigenvalue weighted by Gasteiger charge is 2.21. The fourth-order valence-electron chi connectivity index (χ4n) is 3.38. The van der Waals surface area contributed by atoms with Crippen molar-refractivity contribution in [1.82, 2.24) is 19.8 Å². The summed E-state index contributed by atoms with van der Waals surface area (Å²) in [6, 6.07) is 5.51. The Kier molecular flexibility index (Phi) is 5.75. The van der Waals surface area contributed by atoms with E-state index in [-0.39, 0.29) is 17.5 Å². The number of fused-ring (bicyclic) bond motifs is 1. The zero-order chi connectivity index (χ0) is 18.5. The Balaban J connectivity index is 1.58. The van der Waals surface area contributed by atoms with Gasteiger partial charge in [0, 0.05) is 32.6 Å². The highest BCUT2D eigenvalue weighted by Crippen LogP contribution is 2.13. The first-order valence-corrected chi connectivity index (χ1v) is 9.33. The summed E-state index contributed by atoms with van der Waals surface area (Å²) < 4.78 is 0. The van der Waals surface area contributed by atoms with Gasteiger partial charge in [0.15, 0.2) is 0 Å². The first-order chi connectivity index (χ1) is 12.6. The summed E-state index contributed by atoms with van der Waals surface area (Å²) in [4.78, 5) is 45.3. The maximum Gasteiger partial charge on any atom is 0.323 e. The van der Waals surface area contributed by atoms with Crippen LogP contribution in [0.3, 0.4) is 0 Å². The van der Waals surface area contributed by atoms with E-state index in [9.17, 15) is 14.4 Å². The zero-order valence-corrected chi connectivity index (χ0v) is 15.2. The molecule has 0 unspecified atom stereocenters. The van der Waals surface area contributed by atoms with Crippen LogP contribution in [0.4, 0.5) is 0 Å². The van der Waals surface area contributed by atoms with Crippen molar-refractivity contribution in [3.63, 3.8) is 0 Å². The summed E-state index contributed by atoms with van der Waals surface area (Å²) in [7, 11) is 0. The second-order valence-electron chi connectivity index (χ2n) is 6.85. The first kappa shape index (κ1) is 18.2. The normalized spacial score (nSPS) is 15.3. The number of carbonyl (C=O) groups is 2. The predicted molar refractivity (Wildman–Crippen MR) is 99.9 cm³/mol. The van der Waals surface area contributed by atoms with Crippen LogP contribution in [0.2, 0.25) is 0 Å². The number of hydrogen-bond acceptors (Lipinski definition) is 3.